The topological polar surface area (TPSA) is 126 Å². The summed E-state index contributed by atoms with van der Waals surface area (Å²) < 4.78 is 44.8. The summed E-state index contributed by atoms with van der Waals surface area (Å²) in [5, 5.41) is 26.5. The van der Waals surface area contributed by atoms with Gasteiger partial charge in [0.2, 0.25) is 5.91 Å². The Bertz CT molecular complexity index is 996. The SMILES string of the molecule is COCCCOc1cc(CC(CC(NC(=O)O)C(O)CC(C(=O)NC2CCOCC2)C(C)C)C(C)C)ccc1C(C)(F)F. The molecule has 0 spiro atoms. The molecule has 0 bridgehead atoms. The van der Waals surface area contributed by atoms with Crippen molar-refractivity contribution >= 4 is 12.0 Å². The van der Waals surface area contributed by atoms with E-state index in [-0.39, 0.29) is 54.0 Å². The van der Waals surface area contributed by atoms with Crippen molar-refractivity contribution in [3.8, 4) is 5.75 Å². The molecule has 1 saturated heterocycles. The Morgan fingerprint density at radius 3 is 2.33 bits per heavy atom. The van der Waals surface area contributed by atoms with Gasteiger partial charge in [0.25, 0.3) is 5.92 Å². The number of rotatable bonds is 18. The quantitative estimate of drug-likeness (QED) is 0.164. The first-order valence-corrected chi connectivity index (χ1v) is 15.4. The van der Waals surface area contributed by atoms with Crippen molar-refractivity contribution in [2.75, 3.05) is 33.5 Å². The van der Waals surface area contributed by atoms with Gasteiger partial charge in [-0.25, -0.2) is 13.6 Å². The van der Waals surface area contributed by atoms with Crippen molar-refractivity contribution < 1.29 is 42.8 Å². The predicted octanol–water partition coefficient (Wildman–Crippen LogP) is 5.37. The molecule has 0 aromatic heterocycles. The van der Waals surface area contributed by atoms with Crippen LogP contribution in [0.5, 0.6) is 5.75 Å². The molecule has 1 fully saturated rings. The first kappa shape index (κ1) is 36.7. The number of aliphatic hydroxyl groups excluding tert-OH is 1. The minimum atomic E-state index is -3.09. The second-order valence-electron chi connectivity index (χ2n) is 12.5. The highest BCUT2D eigenvalue weighted by molar-refractivity contribution is 5.79. The Labute approximate surface area is 255 Å². The van der Waals surface area contributed by atoms with Crippen molar-refractivity contribution in [1.29, 1.82) is 0 Å². The van der Waals surface area contributed by atoms with Gasteiger partial charge in [-0.2, -0.15) is 0 Å². The third-order valence-electron chi connectivity index (χ3n) is 8.24. The van der Waals surface area contributed by atoms with Crippen molar-refractivity contribution in [3.63, 3.8) is 0 Å². The predicted molar refractivity (Wildman–Crippen MR) is 161 cm³/mol. The van der Waals surface area contributed by atoms with Crippen LogP contribution in [0.15, 0.2) is 18.2 Å². The van der Waals surface area contributed by atoms with Crippen molar-refractivity contribution in [3.05, 3.63) is 29.3 Å². The minimum absolute atomic E-state index is 0.0193. The molecule has 11 heteroatoms. The normalized spacial score (nSPS) is 17.4. The van der Waals surface area contributed by atoms with E-state index in [0.29, 0.717) is 39.1 Å². The maximum atomic E-state index is 14.3. The molecule has 4 N–H and O–H groups in total. The maximum Gasteiger partial charge on any atom is 0.404 e. The first-order chi connectivity index (χ1) is 20.2. The van der Waals surface area contributed by atoms with E-state index in [1.165, 1.54) is 6.07 Å². The summed E-state index contributed by atoms with van der Waals surface area (Å²) in [6, 6.07) is 3.84. The van der Waals surface area contributed by atoms with Gasteiger partial charge >= 0.3 is 6.09 Å². The largest absolute Gasteiger partial charge is 0.493 e. The lowest BCUT2D eigenvalue weighted by Crippen LogP contribution is -2.48. The highest BCUT2D eigenvalue weighted by Crippen LogP contribution is 2.36. The number of carbonyl (C=O) groups excluding carboxylic acids is 1. The summed E-state index contributed by atoms with van der Waals surface area (Å²) in [6.07, 6.45) is 0.505. The lowest BCUT2D eigenvalue weighted by molar-refractivity contribution is -0.129. The Morgan fingerprint density at radius 2 is 1.77 bits per heavy atom. The van der Waals surface area contributed by atoms with Crippen LogP contribution in [-0.2, 0) is 26.6 Å². The van der Waals surface area contributed by atoms with Crippen molar-refractivity contribution in [1.82, 2.24) is 10.6 Å². The standard InChI is InChI=1S/C32H52F2N2O7/c1-20(2)23(16-22-8-9-26(32(5,33)34)29(17-22)43-13-7-12-41-6)18-27(36-31(39)40)28(37)19-25(21(3)4)30(38)35-24-10-14-42-15-11-24/h8-9,17,20-21,23-25,27-28,36-37H,7,10-16,18-19H2,1-6H3,(H,35,38)(H,39,40). The molecule has 0 aliphatic carbocycles. The highest BCUT2D eigenvalue weighted by atomic mass is 19.3. The third kappa shape index (κ3) is 12.6. The molecule has 1 aromatic carbocycles. The van der Waals surface area contributed by atoms with Gasteiger partial charge in [-0.15, -0.1) is 0 Å². The molecule has 1 heterocycles. The molecule has 2 rings (SSSR count). The van der Waals surface area contributed by atoms with Gasteiger partial charge < -0.3 is 35.1 Å². The van der Waals surface area contributed by atoms with Gasteiger partial charge in [0.05, 0.1) is 24.3 Å². The molecule has 1 aliphatic heterocycles. The van der Waals surface area contributed by atoms with Crippen LogP contribution in [0.1, 0.15) is 77.8 Å². The second-order valence-corrected chi connectivity index (χ2v) is 12.5. The molecular formula is C32H52F2N2O7. The third-order valence-corrected chi connectivity index (χ3v) is 8.24. The smallest absolute Gasteiger partial charge is 0.404 e. The van der Waals surface area contributed by atoms with Crippen LogP contribution in [0, 0.1) is 23.7 Å². The van der Waals surface area contributed by atoms with E-state index < -0.39 is 30.1 Å². The van der Waals surface area contributed by atoms with Gasteiger partial charge in [-0.3, -0.25) is 4.79 Å². The number of alkyl halides is 2. The van der Waals surface area contributed by atoms with Gasteiger partial charge in [-0.1, -0.05) is 33.8 Å². The Morgan fingerprint density at radius 1 is 1.09 bits per heavy atom. The number of hydrogen-bond acceptors (Lipinski definition) is 6. The number of carbonyl (C=O) groups is 2. The van der Waals surface area contributed by atoms with Gasteiger partial charge in [0.15, 0.2) is 0 Å². The molecule has 246 valence electrons. The maximum absolute atomic E-state index is 14.3. The monoisotopic (exact) mass is 614 g/mol. The molecule has 0 saturated carbocycles. The summed E-state index contributed by atoms with van der Waals surface area (Å²) in [6.45, 7) is 10.5. The Kier molecular flexibility index (Phi) is 15.1. The fourth-order valence-corrected chi connectivity index (χ4v) is 5.51. The van der Waals surface area contributed by atoms with E-state index in [4.69, 9.17) is 14.2 Å². The lowest BCUT2D eigenvalue weighted by atomic mass is 9.80. The van der Waals surface area contributed by atoms with E-state index in [9.17, 15) is 28.6 Å². The number of amides is 2. The van der Waals surface area contributed by atoms with Crippen LogP contribution in [0.25, 0.3) is 0 Å². The summed E-state index contributed by atoms with van der Waals surface area (Å²) in [4.78, 5) is 24.9. The zero-order valence-electron chi connectivity index (χ0n) is 26.5. The summed E-state index contributed by atoms with van der Waals surface area (Å²) in [5.74, 6) is -3.72. The van der Waals surface area contributed by atoms with E-state index in [1.807, 2.05) is 27.7 Å². The highest BCUT2D eigenvalue weighted by Gasteiger charge is 2.34. The zero-order chi connectivity index (χ0) is 32.2. The van der Waals surface area contributed by atoms with E-state index in [1.54, 1.807) is 19.2 Å². The van der Waals surface area contributed by atoms with Crippen LogP contribution < -0.4 is 15.4 Å². The van der Waals surface area contributed by atoms with E-state index in [2.05, 4.69) is 10.6 Å². The number of ether oxygens (including phenoxy) is 3. The summed E-state index contributed by atoms with van der Waals surface area (Å²) >= 11 is 0. The van der Waals surface area contributed by atoms with E-state index in [0.717, 1.165) is 25.3 Å². The van der Waals surface area contributed by atoms with Crippen LogP contribution in [0.2, 0.25) is 0 Å². The number of benzene rings is 1. The summed E-state index contributed by atoms with van der Waals surface area (Å²) in [7, 11) is 1.56. The molecule has 0 radical (unpaired) electrons. The fourth-order valence-electron chi connectivity index (χ4n) is 5.51. The van der Waals surface area contributed by atoms with Gasteiger partial charge in [0.1, 0.15) is 5.75 Å². The van der Waals surface area contributed by atoms with Crippen molar-refractivity contribution in [2.45, 2.75) is 97.3 Å². The van der Waals surface area contributed by atoms with E-state index >= 15 is 0 Å². The molecule has 4 unspecified atom stereocenters. The Balaban J connectivity index is 2.21. The number of hydrogen-bond donors (Lipinski definition) is 4. The molecule has 1 aliphatic rings. The second kappa shape index (κ2) is 17.7. The van der Waals surface area contributed by atoms with Crippen molar-refractivity contribution in [2.24, 2.45) is 23.7 Å². The number of nitrogens with one attached hydrogen (secondary N) is 2. The molecule has 1 aromatic rings. The number of carboxylic acid groups (broad SMARTS) is 1. The van der Waals surface area contributed by atoms with Crippen LogP contribution in [0.3, 0.4) is 0 Å². The number of methoxy groups -OCH3 is 1. The molecule has 2 amide bonds. The van der Waals surface area contributed by atoms with Gasteiger partial charge in [0, 0.05) is 52.2 Å². The molecule has 43 heavy (non-hydrogen) atoms. The van der Waals surface area contributed by atoms with Gasteiger partial charge in [-0.05, 0) is 67.6 Å². The number of aliphatic hydroxyl groups is 1. The minimum Gasteiger partial charge on any atom is -0.493 e. The lowest BCUT2D eigenvalue weighted by Gasteiger charge is -2.33. The molecule has 9 nitrogen and oxygen atoms in total. The van der Waals surface area contributed by atoms with Crippen LogP contribution in [0.4, 0.5) is 13.6 Å². The van der Waals surface area contributed by atoms with Crippen LogP contribution in [-0.4, -0.2) is 73.9 Å². The molecule has 4 atom stereocenters. The average molecular weight is 615 g/mol. The summed E-state index contributed by atoms with van der Waals surface area (Å²) in [5.41, 5.74) is 0.572. The molecular weight excluding hydrogens is 562 g/mol. The average Bonchev–Trinajstić information content (AvgIpc) is 2.92. The zero-order valence-corrected chi connectivity index (χ0v) is 26.5. The van der Waals surface area contributed by atoms with Crippen LogP contribution >= 0.6 is 0 Å². The first-order valence-electron chi connectivity index (χ1n) is 15.4. The fraction of sp³-hybridized carbons (Fsp3) is 0.750. The Hall–Kier alpha value is -2.50. The number of halogens is 2.